The number of allylic oxidation sites excluding steroid dienone is 1. The summed E-state index contributed by atoms with van der Waals surface area (Å²) in [5, 5.41) is 0. The number of hydrogen-bond donors (Lipinski definition) is 0. The Bertz CT molecular complexity index is 140. The first-order valence-corrected chi connectivity index (χ1v) is 3.21. The first kappa shape index (κ1) is 4.57. The van der Waals surface area contributed by atoms with E-state index in [2.05, 4.69) is 24.9 Å². The third-order valence-corrected chi connectivity index (χ3v) is 2.27. The molecule has 0 N–H and O–H groups in total. The van der Waals surface area contributed by atoms with Crippen LogP contribution in [0.5, 0.6) is 0 Å². The molecule has 1 nitrogen and oxygen atoms in total. The Morgan fingerprint density at radius 3 is 2.38 bits per heavy atom. The van der Waals surface area contributed by atoms with Crippen LogP contribution in [-0.4, -0.2) is 24.0 Å². The second kappa shape index (κ2) is 1.16. The Morgan fingerprint density at radius 2 is 2.25 bits per heavy atom. The summed E-state index contributed by atoms with van der Waals surface area (Å²) in [5.74, 6) is 0. The zero-order valence-corrected chi connectivity index (χ0v) is 5.39. The zero-order chi connectivity index (χ0) is 5.72. The van der Waals surface area contributed by atoms with Gasteiger partial charge in [-0.2, -0.15) is 0 Å². The normalized spacial score (nSPS) is 50.8. The number of hydrogen-bond acceptors (Lipinski definition) is 1. The van der Waals surface area contributed by atoms with Gasteiger partial charge in [0.2, 0.25) is 0 Å². The van der Waals surface area contributed by atoms with Gasteiger partial charge in [-0.1, -0.05) is 11.6 Å². The minimum absolute atomic E-state index is 0.837. The van der Waals surface area contributed by atoms with Crippen LogP contribution >= 0.6 is 0 Å². The molecule has 0 saturated carbocycles. The summed E-state index contributed by atoms with van der Waals surface area (Å²) in [6.07, 6.45) is 3.62. The lowest BCUT2D eigenvalue weighted by molar-refractivity contribution is 0.614. The summed E-state index contributed by atoms with van der Waals surface area (Å²) in [4.78, 5) is 2.40. The van der Waals surface area contributed by atoms with E-state index in [0.29, 0.717) is 0 Å². The molecule has 0 aromatic rings. The Balaban J connectivity index is 2.02. The third-order valence-electron chi connectivity index (χ3n) is 2.27. The molecule has 44 valence electrons. The van der Waals surface area contributed by atoms with Gasteiger partial charge >= 0.3 is 0 Å². The van der Waals surface area contributed by atoms with Crippen LogP contribution in [0.4, 0.5) is 0 Å². The molecule has 0 aromatic heterocycles. The molecule has 1 aliphatic carbocycles. The van der Waals surface area contributed by atoms with Gasteiger partial charge in [0.15, 0.2) is 0 Å². The molecule has 1 aliphatic heterocycles. The summed E-state index contributed by atoms with van der Waals surface area (Å²) in [6, 6.07) is 1.68. The van der Waals surface area contributed by atoms with Gasteiger partial charge in [0, 0.05) is 12.1 Å². The van der Waals surface area contributed by atoms with Gasteiger partial charge in [-0.25, -0.2) is 0 Å². The Kier molecular flexibility index (Phi) is 0.662. The average molecular weight is 109 g/mol. The van der Waals surface area contributed by atoms with Crippen molar-refractivity contribution in [1.29, 1.82) is 0 Å². The summed E-state index contributed by atoms with van der Waals surface area (Å²) >= 11 is 0. The van der Waals surface area contributed by atoms with Crippen molar-refractivity contribution < 1.29 is 0 Å². The molecule has 0 radical (unpaired) electrons. The van der Waals surface area contributed by atoms with Crippen LogP contribution in [0.2, 0.25) is 0 Å². The Hall–Kier alpha value is -0.300. The third kappa shape index (κ3) is 0.451. The van der Waals surface area contributed by atoms with Gasteiger partial charge in [-0.15, -0.1) is 0 Å². The SMILES string of the molecule is C[C@H]1[C@@H](C2=CC2)N1C. The van der Waals surface area contributed by atoms with E-state index in [0.717, 1.165) is 12.1 Å². The lowest BCUT2D eigenvalue weighted by atomic mass is 10.3. The van der Waals surface area contributed by atoms with Crippen molar-refractivity contribution >= 4 is 0 Å². The molecule has 2 rings (SSSR count). The Morgan fingerprint density at radius 1 is 1.75 bits per heavy atom. The molecular weight excluding hydrogens is 98.1 g/mol. The van der Waals surface area contributed by atoms with E-state index in [1.54, 1.807) is 5.57 Å². The molecule has 1 fully saturated rings. The van der Waals surface area contributed by atoms with E-state index in [9.17, 15) is 0 Å². The van der Waals surface area contributed by atoms with Crippen LogP contribution in [0.3, 0.4) is 0 Å². The van der Waals surface area contributed by atoms with E-state index in [1.165, 1.54) is 6.42 Å². The topological polar surface area (TPSA) is 3.01 Å². The zero-order valence-electron chi connectivity index (χ0n) is 5.39. The van der Waals surface area contributed by atoms with Crippen molar-refractivity contribution in [2.75, 3.05) is 7.05 Å². The predicted molar refractivity (Wildman–Crippen MR) is 33.7 cm³/mol. The number of nitrogens with zero attached hydrogens (tertiary/aromatic N) is 1. The van der Waals surface area contributed by atoms with Crippen molar-refractivity contribution in [2.24, 2.45) is 0 Å². The van der Waals surface area contributed by atoms with Crippen LogP contribution in [0.15, 0.2) is 11.6 Å². The van der Waals surface area contributed by atoms with E-state index < -0.39 is 0 Å². The summed E-state index contributed by atoms with van der Waals surface area (Å²) in [6.45, 7) is 2.28. The maximum atomic E-state index is 2.40. The van der Waals surface area contributed by atoms with E-state index in [1.807, 2.05) is 0 Å². The summed E-state index contributed by atoms with van der Waals surface area (Å²) in [5.41, 5.74) is 1.67. The van der Waals surface area contributed by atoms with Crippen molar-refractivity contribution in [2.45, 2.75) is 25.4 Å². The molecule has 0 amide bonds. The molecule has 0 bridgehead atoms. The number of rotatable bonds is 1. The highest BCUT2D eigenvalue weighted by molar-refractivity contribution is 5.35. The second-order valence-electron chi connectivity index (χ2n) is 2.83. The van der Waals surface area contributed by atoms with Gasteiger partial charge in [0.1, 0.15) is 0 Å². The van der Waals surface area contributed by atoms with Crippen LogP contribution < -0.4 is 0 Å². The smallest absolute Gasteiger partial charge is 0.0464 e. The fourth-order valence-electron chi connectivity index (χ4n) is 1.37. The fraction of sp³-hybridized carbons (Fsp3) is 0.714. The van der Waals surface area contributed by atoms with E-state index >= 15 is 0 Å². The van der Waals surface area contributed by atoms with Crippen LogP contribution in [0.1, 0.15) is 13.3 Å². The molecule has 3 atom stereocenters. The molecule has 1 heteroatoms. The van der Waals surface area contributed by atoms with Gasteiger partial charge in [-0.05, 0) is 20.4 Å². The predicted octanol–water partition coefficient (Wildman–Crippen LogP) is 1.02. The van der Waals surface area contributed by atoms with Crippen LogP contribution in [0, 0.1) is 0 Å². The molecule has 1 heterocycles. The summed E-state index contributed by atoms with van der Waals surface area (Å²) in [7, 11) is 2.19. The highest BCUT2D eigenvalue weighted by atomic mass is 15.3. The van der Waals surface area contributed by atoms with Crippen molar-refractivity contribution in [3.8, 4) is 0 Å². The molecule has 1 unspecified atom stereocenters. The van der Waals surface area contributed by atoms with Crippen molar-refractivity contribution in [3.05, 3.63) is 11.6 Å². The first-order valence-electron chi connectivity index (χ1n) is 3.21. The molecule has 0 spiro atoms. The Labute approximate surface area is 50.0 Å². The maximum Gasteiger partial charge on any atom is 0.0464 e. The average Bonchev–Trinajstić information content (AvgIpc) is 2.52. The van der Waals surface area contributed by atoms with Crippen molar-refractivity contribution in [1.82, 2.24) is 4.90 Å². The van der Waals surface area contributed by atoms with E-state index in [-0.39, 0.29) is 0 Å². The molecule has 0 aromatic carbocycles. The molecule has 1 saturated heterocycles. The van der Waals surface area contributed by atoms with Gasteiger partial charge in [0.25, 0.3) is 0 Å². The van der Waals surface area contributed by atoms with Crippen LogP contribution in [0.25, 0.3) is 0 Å². The summed E-state index contributed by atoms with van der Waals surface area (Å²) < 4.78 is 0. The first-order chi connectivity index (χ1) is 3.80. The quantitative estimate of drug-likeness (QED) is 0.359. The van der Waals surface area contributed by atoms with Gasteiger partial charge in [0.05, 0.1) is 0 Å². The highest BCUT2D eigenvalue weighted by Crippen LogP contribution is 2.39. The minimum Gasteiger partial charge on any atom is -0.294 e. The maximum absolute atomic E-state index is 2.40. The minimum atomic E-state index is 0.837. The second-order valence-corrected chi connectivity index (χ2v) is 2.83. The standard InChI is InChI=1S/C7H11N/c1-5-7(8(5)2)6-3-4-6/h3,5,7H,4H2,1-2H3/t5-,7-,8?/m0/s1. The monoisotopic (exact) mass is 109 g/mol. The molecule has 8 heavy (non-hydrogen) atoms. The molecule has 2 aliphatic rings. The van der Waals surface area contributed by atoms with E-state index in [4.69, 9.17) is 0 Å². The number of likely N-dealkylation sites (N-methyl/N-ethyl adjacent to an activating group) is 1. The van der Waals surface area contributed by atoms with Crippen molar-refractivity contribution in [3.63, 3.8) is 0 Å². The highest BCUT2D eigenvalue weighted by Gasteiger charge is 2.44. The van der Waals surface area contributed by atoms with Gasteiger partial charge < -0.3 is 0 Å². The fourth-order valence-corrected chi connectivity index (χ4v) is 1.37. The lowest BCUT2D eigenvalue weighted by Gasteiger charge is -1.82. The van der Waals surface area contributed by atoms with Gasteiger partial charge in [-0.3, -0.25) is 4.90 Å². The van der Waals surface area contributed by atoms with Crippen LogP contribution in [-0.2, 0) is 0 Å². The molecular formula is C7H11N. The largest absolute Gasteiger partial charge is 0.294 e. The lowest BCUT2D eigenvalue weighted by Crippen LogP contribution is -1.89.